The minimum Gasteiger partial charge on any atom is -0.467 e. The van der Waals surface area contributed by atoms with Crippen molar-refractivity contribution in [3.63, 3.8) is 0 Å². The number of piperidine rings is 1. The standard InChI is InChI=1S/C14H23N3O4S/c1-3-16(11-13-5-4-10-21-13)14(18)15-12-6-8-17(9-7-12)22(2,19)20/h4-5,10,12H,3,6-9,11H2,1-2H3,(H,15,18). The second-order valence-electron chi connectivity index (χ2n) is 5.48. The van der Waals surface area contributed by atoms with Crippen LogP contribution in [0, 0.1) is 0 Å². The van der Waals surface area contributed by atoms with E-state index in [1.807, 2.05) is 13.0 Å². The molecule has 1 saturated heterocycles. The SMILES string of the molecule is CCN(Cc1ccco1)C(=O)NC1CCN(S(C)(=O)=O)CC1. The van der Waals surface area contributed by atoms with Crippen LogP contribution in [0.2, 0.25) is 0 Å². The second kappa shape index (κ2) is 7.15. The van der Waals surface area contributed by atoms with Crippen LogP contribution in [-0.2, 0) is 16.6 Å². The summed E-state index contributed by atoms with van der Waals surface area (Å²) in [5.41, 5.74) is 0. The van der Waals surface area contributed by atoms with Gasteiger partial charge in [-0.15, -0.1) is 0 Å². The van der Waals surface area contributed by atoms with E-state index in [0.29, 0.717) is 39.0 Å². The van der Waals surface area contributed by atoms with Crippen molar-refractivity contribution in [2.75, 3.05) is 25.9 Å². The highest BCUT2D eigenvalue weighted by atomic mass is 32.2. The molecule has 2 heterocycles. The molecule has 1 aliphatic heterocycles. The van der Waals surface area contributed by atoms with Gasteiger partial charge in [-0.05, 0) is 31.9 Å². The van der Waals surface area contributed by atoms with Crippen LogP contribution in [0.4, 0.5) is 4.79 Å². The predicted molar refractivity (Wildman–Crippen MR) is 82.8 cm³/mol. The van der Waals surface area contributed by atoms with Crippen molar-refractivity contribution in [3.8, 4) is 0 Å². The van der Waals surface area contributed by atoms with Gasteiger partial charge in [-0.2, -0.15) is 0 Å². The van der Waals surface area contributed by atoms with Gasteiger partial charge in [0, 0.05) is 25.7 Å². The highest BCUT2D eigenvalue weighted by molar-refractivity contribution is 7.88. The summed E-state index contributed by atoms with van der Waals surface area (Å²) in [5, 5.41) is 2.98. The van der Waals surface area contributed by atoms with Gasteiger partial charge in [0.25, 0.3) is 0 Å². The molecule has 2 rings (SSSR count). The molecule has 0 radical (unpaired) electrons. The molecule has 0 aromatic carbocycles. The Kier molecular flexibility index (Phi) is 5.47. The zero-order chi connectivity index (χ0) is 16.2. The quantitative estimate of drug-likeness (QED) is 0.881. The lowest BCUT2D eigenvalue weighted by molar-refractivity contribution is 0.183. The van der Waals surface area contributed by atoms with Crippen molar-refractivity contribution in [2.24, 2.45) is 0 Å². The van der Waals surface area contributed by atoms with Crippen molar-refractivity contribution >= 4 is 16.1 Å². The number of amides is 2. The number of nitrogens with zero attached hydrogens (tertiary/aromatic N) is 2. The number of carbonyl (C=O) groups is 1. The minimum absolute atomic E-state index is 0.0103. The van der Waals surface area contributed by atoms with Gasteiger partial charge in [0.2, 0.25) is 10.0 Å². The molecule has 1 aliphatic rings. The van der Waals surface area contributed by atoms with Gasteiger partial charge < -0.3 is 14.6 Å². The van der Waals surface area contributed by atoms with E-state index in [2.05, 4.69) is 5.32 Å². The third-order valence-corrected chi connectivity index (χ3v) is 5.15. The first kappa shape index (κ1) is 16.8. The molecule has 0 aliphatic carbocycles. The summed E-state index contributed by atoms with van der Waals surface area (Å²) < 4.78 is 29.7. The van der Waals surface area contributed by atoms with Crippen molar-refractivity contribution in [1.29, 1.82) is 0 Å². The molecule has 1 fully saturated rings. The summed E-state index contributed by atoms with van der Waals surface area (Å²) in [5.74, 6) is 0.740. The molecule has 8 heteroatoms. The van der Waals surface area contributed by atoms with Crippen LogP contribution < -0.4 is 5.32 Å². The van der Waals surface area contributed by atoms with E-state index in [4.69, 9.17) is 4.42 Å². The Morgan fingerprint density at radius 3 is 2.64 bits per heavy atom. The lowest BCUT2D eigenvalue weighted by Gasteiger charge is -2.32. The van der Waals surface area contributed by atoms with Gasteiger partial charge in [0.05, 0.1) is 19.1 Å². The van der Waals surface area contributed by atoms with Gasteiger partial charge in [0.1, 0.15) is 5.76 Å². The van der Waals surface area contributed by atoms with Gasteiger partial charge in [0.15, 0.2) is 0 Å². The summed E-state index contributed by atoms with van der Waals surface area (Å²) >= 11 is 0. The topological polar surface area (TPSA) is 82.9 Å². The monoisotopic (exact) mass is 329 g/mol. The smallest absolute Gasteiger partial charge is 0.318 e. The van der Waals surface area contributed by atoms with Crippen molar-refractivity contribution in [3.05, 3.63) is 24.2 Å². The molecule has 0 saturated carbocycles. The van der Waals surface area contributed by atoms with E-state index >= 15 is 0 Å². The Hall–Kier alpha value is -1.54. The number of urea groups is 1. The summed E-state index contributed by atoms with van der Waals surface area (Å²) in [4.78, 5) is 14.0. The fourth-order valence-corrected chi connectivity index (χ4v) is 3.39. The zero-order valence-electron chi connectivity index (χ0n) is 13.0. The van der Waals surface area contributed by atoms with Crippen LogP contribution in [-0.4, -0.2) is 55.6 Å². The highest BCUT2D eigenvalue weighted by Crippen LogP contribution is 2.14. The molecular weight excluding hydrogens is 306 g/mol. The number of hydrogen-bond donors (Lipinski definition) is 1. The van der Waals surface area contributed by atoms with Gasteiger partial charge >= 0.3 is 6.03 Å². The molecule has 0 unspecified atom stereocenters. The minimum atomic E-state index is -3.14. The first-order valence-corrected chi connectivity index (χ1v) is 9.28. The van der Waals surface area contributed by atoms with Crippen molar-refractivity contribution < 1.29 is 17.6 Å². The highest BCUT2D eigenvalue weighted by Gasteiger charge is 2.26. The number of furan rings is 1. The number of rotatable bonds is 5. The Bertz CT molecular complexity index is 577. The van der Waals surface area contributed by atoms with E-state index in [-0.39, 0.29) is 12.1 Å². The summed E-state index contributed by atoms with van der Waals surface area (Å²) in [6, 6.07) is 3.50. The molecule has 1 aromatic rings. The molecule has 7 nitrogen and oxygen atoms in total. The van der Waals surface area contributed by atoms with Crippen LogP contribution in [0.1, 0.15) is 25.5 Å². The largest absolute Gasteiger partial charge is 0.467 e. The van der Waals surface area contributed by atoms with E-state index in [1.165, 1.54) is 10.6 Å². The van der Waals surface area contributed by atoms with E-state index in [0.717, 1.165) is 5.76 Å². The summed E-state index contributed by atoms with van der Waals surface area (Å²) in [6.07, 6.45) is 4.07. The summed E-state index contributed by atoms with van der Waals surface area (Å²) in [6.45, 7) is 3.82. The van der Waals surface area contributed by atoms with Crippen LogP contribution >= 0.6 is 0 Å². The van der Waals surface area contributed by atoms with E-state index < -0.39 is 10.0 Å². The zero-order valence-corrected chi connectivity index (χ0v) is 13.8. The van der Waals surface area contributed by atoms with Gasteiger partial charge in [-0.3, -0.25) is 0 Å². The van der Waals surface area contributed by atoms with Gasteiger partial charge in [-0.1, -0.05) is 0 Å². The molecule has 2 amide bonds. The Balaban J connectivity index is 1.84. The van der Waals surface area contributed by atoms with Gasteiger partial charge in [-0.25, -0.2) is 17.5 Å². The van der Waals surface area contributed by atoms with E-state index in [9.17, 15) is 13.2 Å². The molecule has 1 aromatic heterocycles. The maximum atomic E-state index is 12.3. The molecule has 124 valence electrons. The average Bonchev–Trinajstić information content (AvgIpc) is 2.97. The number of carbonyl (C=O) groups excluding carboxylic acids is 1. The third kappa shape index (κ3) is 4.48. The maximum absolute atomic E-state index is 12.3. The molecule has 1 N–H and O–H groups in total. The van der Waals surface area contributed by atoms with Crippen LogP contribution in [0.5, 0.6) is 0 Å². The Morgan fingerprint density at radius 2 is 2.14 bits per heavy atom. The average molecular weight is 329 g/mol. The Morgan fingerprint density at radius 1 is 1.45 bits per heavy atom. The molecule has 0 spiro atoms. The normalized spacial score (nSPS) is 17.4. The number of sulfonamides is 1. The number of nitrogens with one attached hydrogen (secondary N) is 1. The molecule has 22 heavy (non-hydrogen) atoms. The summed E-state index contributed by atoms with van der Waals surface area (Å²) in [7, 11) is -3.14. The Labute approximate surface area is 131 Å². The van der Waals surface area contributed by atoms with Crippen LogP contribution in [0.3, 0.4) is 0 Å². The third-order valence-electron chi connectivity index (χ3n) is 3.85. The number of hydrogen-bond acceptors (Lipinski definition) is 4. The van der Waals surface area contributed by atoms with E-state index in [1.54, 1.807) is 17.2 Å². The lowest BCUT2D eigenvalue weighted by atomic mass is 10.1. The first-order valence-electron chi connectivity index (χ1n) is 7.43. The van der Waals surface area contributed by atoms with Crippen molar-refractivity contribution in [1.82, 2.24) is 14.5 Å². The van der Waals surface area contributed by atoms with Crippen molar-refractivity contribution in [2.45, 2.75) is 32.4 Å². The fourth-order valence-electron chi connectivity index (χ4n) is 2.52. The van der Waals surface area contributed by atoms with Crippen LogP contribution in [0.25, 0.3) is 0 Å². The molecule has 0 bridgehead atoms. The lowest BCUT2D eigenvalue weighted by Crippen LogP contribution is -2.49. The van der Waals surface area contributed by atoms with Crippen LogP contribution in [0.15, 0.2) is 22.8 Å². The first-order chi connectivity index (χ1) is 10.4. The fraction of sp³-hybridized carbons (Fsp3) is 0.643. The second-order valence-corrected chi connectivity index (χ2v) is 7.46. The maximum Gasteiger partial charge on any atom is 0.318 e. The molecule has 0 atom stereocenters. The molecular formula is C14H23N3O4S. The predicted octanol–water partition coefficient (Wildman–Crippen LogP) is 1.24.